The highest BCUT2D eigenvalue weighted by molar-refractivity contribution is 9.10. The molecular weight excluding hydrogens is 366 g/mol. The maximum Gasteiger partial charge on any atom is 0.243 e. The van der Waals surface area contributed by atoms with Crippen LogP contribution in [0.4, 0.5) is 0 Å². The molecule has 0 radical (unpaired) electrons. The molecule has 0 unspecified atom stereocenters. The van der Waals surface area contributed by atoms with E-state index < -0.39 is 0 Å². The minimum Gasteiger partial charge on any atom is -0.338 e. The van der Waals surface area contributed by atoms with Crippen LogP contribution in [-0.4, -0.2) is 10.1 Å². The van der Waals surface area contributed by atoms with Gasteiger partial charge >= 0.3 is 0 Å². The number of benzene rings is 2. The average molecular weight is 386 g/mol. The van der Waals surface area contributed by atoms with E-state index in [0.717, 1.165) is 30.2 Å². The first-order chi connectivity index (χ1) is 11.7. The number of nitrogens with two attached hydrogens (primary N) is 1. The molecule has 0 amide bonds. The van der Waals surface area contributed by atoms with E-state index in [0.29, 0.717) is 11.7 Å². The van der Waals surface area contributed by atoms with Gasteiger partial charge in [0.2, 0.25) is 5.89 Å². The normalized spacial score (nSPS) is 12.2. The molecule has 0 spiro atoms. The molecule has 2 N–H and O–H groups in total. The van der Waals surface area contributed by atoms with Crippen LogP contribution < -0.4 is 5.73 Å². The van der Waals surface area contributed by atoms with Crippen LogP contribution in [0, 0.1) is 0 Å². The molecule has 0 saturated heterocycles. The summed E-state index contributed by atoms with van der Waals surface area (Å²) in [4.78, 5) is 4.44. The fourth-order valence-electron chi connectivity index (χ4n) is 2.52. The molecule has 24 heavy (non-hydrogen) atoms. The number of halogens is 1. The third-order valence-electron chi connectivity index (χ3n) is 3.94. The van der Waals surface area contributed by atoms with Crippen LogP contribution in [0.1, 0.15) is 35.3 Å². The van der Waals surface area contributed by atoms with Crippen molar-refractivity contribution >= 4 is 15.9 Å². The first-order valence-corrected chi connectivity index (χ1v) is 8.86. The number of hydrogen-bond acceptors (Lipinski definition) is 4. The zero-order valence-corrected chi connectivity index (χ0v) is 14.9. The first-order valence-electron chi connectivity index (χ1n) is 8.07. The van der Waals surface area contributed by atoms with Gasteiger partial charge in [-0.05, 0) is 42.5 Å². The van der Waals surface area contributed by atoms with E-state index in [9.17, 15) is 0 Å². The summed E-state index contributed by atoms with van der Waals surface area (Å²) in [6.07, 6.45) is 3.32. The Morgan fingerprint density at radius 2 is 1.62 bits per heavy atom. The van der Waals surface area contributed by atoms with Crippen molar-refractivity contribution in [3.63, 3.8) is 0 Å². The van der Waals surface area contributed by atoms with Crippen molar-refractivity contribution in [3.05, 3.63) is 81.9 Å². The van der Waals surface area contributed by atoms with Gasteiger partial charge in [-0.1, -0.05) is 63.6 Å². The highest BCUT2D eigenvalue weighted by Gasteiger charge is 2.14. The number of aromatic nitrogens is 2. The largest absolute Gasteiger partial charge is 0.338 e. The highest BCUT2D eigenvalue weighted by atomic mass is 79.9. The van der Waals surface area contributed by atoms with Gasteiger partial charge in [0.05, 0.1) is 6.04 Å². The maximum atomic E-state index is 6.18. The summed E-state index contributed by atoms with van der Waals surface area (Å²) < 4.78 is 6.41. The number of nitrogens with zero attached hydrogens (tertiary/aromatic N) is 2. The smallest absolute Gasteiger partial charge is 0.243 e. The van der Waals surface area contributed by atoms with Crippen molar-refractivity contribution in [3.8, 4) is 0 Å². The molecule has 5 heteroatoms. The van der Waals surface area contributed by atoms with Crippen molar-refractivity contribution in [2.75, 3.05) is 0 Å². The third-order valence-corrected chi connectivity index (χ3v) is 4.47. The van der Waals surface area contributed by atoms with Gasteiger partial charge in [-0.25, -0.2) is 0 Å². The Kier molecular flexibility index (Phi) is 5.77. The fourth-order valence-corrected chi connectivity index (χ4v) is 2.78. The molecule has 2 aromatic carbocycles. The summed E-state index contributed by atoms with van der Waals surface area (Å²) in [7, 11) is 0. The van der Waals surface area contributed by atoms with E-state index in [1.807, 2.05) is 30.3 Å². The first kappa shape index (κ1) is 16.9. The van der Waals surface area contributed by atoms with Crippen LogP contribution in [0.3, 0.4) is 0 Å². The molecule has 1 aromatic heterocycles. The van der Waals surface area contributed by atoms with Crippen LogP contribution in [0.25, 0.3) is 0 Å². The molecule has 0 aliphatic carbocycles. The Hall–Kier alpha value is -1.98. The maximum absolute atomic E-state index is 6.18. The predicted octanol–water partition coefficient (Wildman–Crippen LogP) is 4.25. The van der Waals surface area contributed by atoms with Crippen LogP contribution >= 0.6 is 15.9 Å². The molecule has 3 aromatic rings. The second kappa shape index (κ2) is 8.22. The Morgan fingerprint density at radius 1 is 0.917 bits per heavy atom. The molecule has 0 saturated carbocycles. The van der Waals surface area contributed by atoms with Gasteiger partial charge in [0.1, 0.15) is 0 Å². The zero-order chi connectivity index (χ0) is 16.8. The minimum atomic E-state index is -0.223. The van der Waals surface area contributed by atoms with Crippen LogP contribution in [0.15, 0.2) is 63.6 Å². The molecule has 3 rings (SSSR count). The van der Waals surface area contributed by atoms with Crippen LogP contribution in [0.2, 0.25) is 0 Å². The Morgan fingerprint density at radius 3 is 2.38 bits per heavy atom. The predicted molar refractivity (Wildman–Crippen MR) is 97.5 cm³/mol. The fraction of sp³-hybridized carbons (Fsp3) is 0.263. The van der Waals surface area contributed by atoms with Crippen LogP contribution in [0.5, 0.6) is 0 Å². The molecule has 0 aliphatic heterocycles. The Labute approximate surface area is 150 Å². The second-order valence-electron chi connectivity index (χ2n) is 5.81. The highest BCUT2D eigenvalue weighted by Crippen LogP contribution is 2.16. The van der Waals surface area contributed by atoms with Gasteiger partial charge in [0.25, 0.3) is 0 Å². The summed E-state index contributed by atoms with van der Waals surface area (Å²) in [6, 6.07) is 18.3. The lowest BCUT2D eigenvalue weighted by Crippen LogP contribution is -2.12. The average Bonchev–Trinajstić information content (AvgIpc) is 3.09. The van der Waals surface area contributed by atoms with Crippen molar-refractivity contribution in [2.45, 2.75) is 31.7 Å². The monoisotopic (exact) mass is 385 g/mol. The number of hydrogen-bond donors (Lipinski definition) is 1. The molecule has 0 aliphatic rings. The Balaban J connectivity index is 1.51. The molecule has 1 atom stereocenters. The standard InChI is InChI=1S/C19H20BrN3O/c20-16-10-6-15(7-11-16)9-13-18-22-19(24-23-18)17(21)12-8-14-4-2-1-3-5-14/h1-7,10-11,17H,8-9,12-13,21H2/t17-/m1/s1. The van der Waals surface area contributed by atoms with E-state index in [2.05, 4.69) is 50.3 Å². The summed E-state index contributed by atoms with van der Waals surface area (Å²) in [5, 5.41) is 4.05. The lowest BCUT2D eigenvalue weighted by atomic mass is 10.1. The molecule has 4 nitrogen and oxygen atoms in total. The van der Waals surface area contributed by atoms with Gasteiger partial charge in [-0.2, -0.15) is 4.98 Å². The quantitative estimate of drug-likeness (QED) is 0.659. The number of aryl methyl sites for hydroxylation is 3. The number of rotatable bonds is 7. The van der Waals surface area contributed by atoms with Gasteiger partial charge in [0, 0.05) is 10.9 Å². The van der Waals surface area contributed by atoms with Crippen LogP contribution in [-0.2, 0) is 19.3 Å². The van der Waals surface area contributed by atoms with E-state index >= 15 is 0 Å². The van der Waals surface area contributed by atoms with Crippen molar-refractivity contribution < 1.29 is 4.52 Å². The van der Waals surface area contributed by atoms with Crippen molar-refractivity contribution in [1.29, 1.82) is 0 Å². The third kappa shape index (κ3) is 4.76. The van der Waals surface area contributed by atoms with E-state index in [4.69, 9.17) is 10.3 Å². The minimum absolute atomic E-state index is 0.223. The molecule has 0 fully saturated rings. The zero-order valence-electron chi connectivity index (χ0n) is 13.4. The van der Waals surface area contributed by atoms with Gasteiger partial charge in [-0.3, -0.25) is 0 Å². The topological polar surface area (TPSA) is 64.9 Å². The molecule has 0 bridgehead atoms. The van der Waals surface area contributed by atoms with E-state index in [1.165, 1.54) is 11.1 Å². The summed E-state index contributed by atoms with van der Waals surface area (Å²) >= 11 is 3.44. The second-order valence-corrected chi connectivity index (χ2v) is 6.72. The molecule has 124 valence electrons. The van der Waals surface area contributed by atoms with Gasteiger partial charge < -0.3 is 10.3 Å². The summed E-state index contributed by atoms with van der Waals surface area (Å²) in [5.74, 6) is 1.24. The van der Waals surface area contributed by atoms with E-state index in [-0.39, 0.29) is 6.04 Å². The molecular formula is C19H20BrN3O. The lowest BCUT2D eigenvalue weighted by molar-refractivity contribution is 0.345. The SMILES string of the molecule is N[C@H](CCc1ccccc1)c1nc(CCc2ccc(Br)cc2)no1. The Bertz CT molecular complexity index is 756. The summed E-state index contributed by atoms with van der Waals surface area (Å²) in [5.41, 5.74) is 8.69. The van der Waals surface area contributed by atoms with Gasteiger partial charge in [0.15, 0.2) is 5.82 Å². The van der Waals surface area contributed by atoms with E-state index in [1.54, 1.807) is 0 Å². The van der Waals surface area contributed by atoms with Crippen molar-refractivity contribution in [2.24, 2.45) is 5.73 Å². The summed E-state index contributed by atoms with van der Waals surface area (Å²) in [6.45, 7) is 0. The lowest BCUT2D eigenvalue weighted by Gasteiger charge is -2.06. The van der Waals surface area contributed by atoms with Gasteiger partial charge in [-0.15, -0.1) is 0 Å². The van der Waals surface area contributed by atoms with Crippen molar-refractivity contribution in [1.82, 2.24) is 10.1 Å². The molecule has 1 heterocycles.